The highest BCUT2D eigenvalue weighted by atomic mass is 19.4. The zero-order valence-corrected chi connectivity index (χ0v) is 16.0. The van der Waals surface area contributed by atoms with E-state index in [-0.39, 0.29) is 5.82 Å². The summed E-state index contributed by atoms with van der Waals surface area (Å²) in [6.45, 7) is 2.63. The normalized spacial score (nSPS) is 23.7. The fourth-order valence-corrected chi connectivity index (χ4v) is 2.74. The van der Waals surface area contributed by atoms with Gasteiger partial charge in [-0.05, 0) is 6.07 Å². The van der Waals surface area contributed by atoms with Gasteiger partial charge in [-0.1, -0.05) is 0 Å². The monoisotopic (exact) mass is 437 g/mol. The molecule has 1 saturated heterocycles. The van der Waals surface area contributed by atoms with Gasteiger partial charge in [0, 0.05) is 27.0 Å². The number of hydrogen-bond donors (Lipinski definition) is 1. The molecular formula is C16H18F3N3O8. The Bertz CT molecular complexity index is 872. The van der Waals surface area contributed by atoms with Crippen LogP contribution in [0.4, 0.5) is 19.0 Å². The van der Waals surface area contributed by atoms with E-state index in [4.69, 9.17) is 14.2 Å². The van der Waals surface area contributed by atoms with Crippen LogP contribution < -0.4 is 11.0 Å². The van der Waals surface area contributed by atoms with Crippen LogP contribution in [-0.4, -0.2) is 58.7 Å². The summed E-state index contributed by atoms with van der Waals surface area (Å²) in [7, 11) is 0. The lowest BCUT2D eigenvalue weighted by Crippen LogP contribution is -2.43. The Balaban J connectivity index is 2.43. The maximum Gasteiger partial charge on any atom is 0.523 e. The highest BCUT2D eigenvalue weighted by molar-refractivity contribution is 5.87. The number of halogens is 3. The van der Waals surface area contributed by atoms with Gasteiger partial charge in [-0.2, -0.15) is 4.98 Å². The van der Waals surface area contributed by atoms with Crippen molar-refractivity contribution in [1.29, 1.82) is 0 Å². The molecule has 2 heterocycles. The van der Waals surface area contributed by atoms with E-state index in [0.717, 1.165) is 26.1 Å². The van der Waals surface area contributed by atoms with Crippen LogP contribution in [0.25, 0.3) is 0 Å². The Morgan fingerprint density at radius 1 is 1.20 bits per heavy atom. The molecule has 4 atom stereocenters. The molecule has 1 amide bonds. The summed E-state index contributed by atoms with van der Waals surface area (Å²) >= 11 is 0. The summed E-state index contributed by atoms with van der Waals surface area (Å²) in [5, 5.41) is 2.25. The third-order valence-electron chi connectivity index (χ3n) is 3.72. The first-order valence-electron chi connectivity index (χ1n) is 8.44. The molecule has 30 heavy (non-hydrogen) atoms. The Labute approximate surface area is 167 Å². The summed E-state index contributed by atoms with van der Waals surface area (Å²) in [4.78, 5) is 49.4. The number of ether oxygens (including phenoxy) is 4. The quantitative estimate of drug-likeness (QED) is 0.631. The van der Waals surface area contributed by atoms with Crippen LogP contribution in [0.3, 0.4) is 0 Å². The highest BCUT2D eigenvalue weighted by Crippen LogP contribution is 2.37. The van der Waals surface area contributed by atoms with E-state index in [9.17, 15) is 32.3 Å². The van der Waals surface area contributed by atoms with Crippen LogP contribution >= 0.6 is 0 Å². The minimum absolute atomic E-state index is 0.136. The lowest BCUT2D eigenvalue weighted by Gasteiger charge is -2.25. The third kappa shape index (κ3) is 6.25. The number of esters is 2. The van der Waals surface area contributed by atoms with Crippen molar-refractivity contribution in [3.63, 3.8) is 0 Å². The molecule has 0 aliphatic carbocycles. The van der Waals surface area contributed by atoms with Gasteiger partial charge >= 0.3 is 24.0 Å². The molecule has 1 aromatic rings. The first kappa shape index (κ1) is 23.3. The van der Waals surface area contributed by atoms with Crippen LogP contribution in [0.2, 0.25) is 0 Å². The van der Waals surface area contributed by atoms with Crippen LogP contribution in [0, 0.1) is 0 Å². The largest absolute Gasteiger partial charge is 0.523 e. The van der Waals surface area contributed by atoms with Crippen LogP contribution in [0.15, 0.2) is 17.1 Å². The molecule has 2 rings (SSSR count). The third-order valence-corrected chi connectivity index (χ3v) is 3.72. The second-order valence-corrected chi connectivity index (χ2v) is 6.15. The predicted octanol–water partition coefficient (Wildman–Crippen LogP) is 0.499. The number of carbonyl (C=O) groups excluding carboxylic acids is 3. The summed E-state index contributed by atoms with van der Waals surface area (Å²) in [5.41, 5.74) is -1.07. The minimum Gasteiger partial charge on any atom is -0.463 e. The van der Waals surface area contributed by atoms with Crippen molar-refractivity contribution in [2.75, 3.05) is 11.9 Å². The number of nitrogens with zero attached hydrogens (tertiary/aromatic N) is 2. The first-order chi connectivity index (χ1) is 13.9. The van der Waals surface area contributed by atoms with Crippen molar-refractivity contribution in [2.24, 2.45) is 0 Å². The second-order valence-electron chi connectivity index (χ2n) is 6.15. The van der Waals surface area contributed by atoms with Crippen molar-refractivity contribution in [2.45, 2.75) is 51.7 Å². The van der Waals surface area contributed by atoms with Crippen molar-refractivity contribution in [3.8, 4) is 0 Å². The fraction of sp³-hybridized carbons (Fsp3) is 0.562. The highest BCUT2D eigenvalue weighted by Gasteiger charge is 2.53. The second kappa shape index (κ2) is 9.21. The van der Waals surface area contributed by atoms with E-state index in [1.165, 1.54) is 6.92 Å². The molecule has 1 aliphatic rings. The van der Waals surface area contributed by atoms with Gasteiger partial charge in [-0.25, -0.2) is 4.79 Å². The van der Waals surface area contributed by atoms with Gasteiger partial charge in [-0.15, -0.1) is 13.2 Å². The van der Waals surface area contributed by atoms with Crippen molar-refractivity contribution >= 4 is 23.7 Å². The number of aromatic nitrogens is 2. The molecular weight excluding hydrogens is 419 g/mol. The van der Waals surface area contributed by atoms with E-state index >= 15 is 0 Å². The maximum atomic E-state index is 13.0. The van der Waals surface area contributed by atoms with E-state index in [1.54, 1.807) is 0 Å². The summed E-state index contributed by atoms with van der Waals surface area (Å²) in [6.07, 6.45) is -10.9. The van der Waals surface area contributed by atoms with Gasteiger partial charge in [0.15, 0.2) is 18.4 Å². The van der Waals surface area contributed by atoms with Crippen LogP contribution in [0.1, 0.15) is 27.0 Å². The topological polar surface area (TPSA) is 135 Å². The zero-order valence-electron chi connectivity index (χ0n) is 16.0. The molecule has 0 radical (unpaired) electrons. The van der Waals surface area contributed by atoms with E-state index < -0.39 is 61.0 Å². The Hall–Kier alpha value is -3.00. The zero-order chi connectivity index (χ0) is 22.6. The fourth-order valence-electron chi connectivity index (χ4n) is 2.74. The van der Waals surface area contributed by atoms with E-state index in [2.05, 4.69) is 15.0 Å². The smallest absolute Gasteiger partial charge is 0.463 e. The van der Waals surface area contributed by atoms with Gasteiger partial charge in [0.05, 0.1) is 0 Å². The molecule has 0 saturated carbocycles. The van der Waals surface area contributed by atoms with Crippen molar-refractivity contribution in [1.82, 2.24) is 9.55 Å². The maximum absolute atomic E-state index is 13.0. The molecule has 0 aromatic carbocycles. The predicted molar refractivity (Wildman–Crippen MR) is 89.8 cm³/mol. The SMILES string of the molecule is CC(=O)Nc1ccn(C2OC(COC(C)=O)C(OC(C)=O)C2OC(F)(F)F)c(=O)n1. The van der Waals surface area contributed by atoms with Gasteiger partial charge in [0.2, 0.25) is 5.91 Å². The Morgan fingerprint density at radius 2 is 1.87 bits per heavy atom. The lowest BCUT2D eigenvalue weighted by atomic mass is 10.1. The van der Waals surface area contributed by atoms with E-state index in [0.29, 0.717) is 4.57 Å². The summed E-state index contributed by atoms with van der Waals surface area (Å²) in [5.74, 6) is -2.36. The van der Waals surface area contributed by atoms with Crippen molar-refractivity contribution in [3.05, 3.63) is 22.7 Å². The molecule has 1 N–H and O–H groups in total. The molecule has 14 heteroatoms. The molecule has 11 nitrogen and oxygen atoms in total. The van der Waals surface area contributed by atoms with Crippen LogP contribution in [-0.2, 0) is 33.3 Å². The van der Waals surface area contributed by atoms with E-state index in [1.807, 2.05) is 0 Å². The number of carbonyl (C=O) groups is 3. The van der Waals surface area contributed by atoms with Gasteiger partial charge in [0.25, 0.3) is 0 Å². The number of hydrogen-bond acceptors (Lipinski definition) is 9. The summed E-state index contributed by atoms with van der Waals surface area (Å²) < 4.78 is 58.8. The van der Waals surface area contributed by atoms with Gasteiger partial charge < -0.3 is 19.5 Å². The standard InChI is InChI=1S/C16H18F3N3O8/c1-7(23)20-11-4-5-22(15(26)21-11)14-13(30-16(17,18)19)12(28-9(3)25)10(29-14)6-27-8(2)24/h4-5,10,12-14H,6H2,1-3H3,(H,20,21,23,26). The summed E-state index contributed by atoms with van der Waals surface area (Å²) in [6, 6.07) is 1.15. The molecule has 1 aromatic heterocycles. The number of nitrogens with one attached hydrogen (secondary N) is 1. The molecule has 0 spiro atoms. The van der Waals surface area contributed by atoms with Crippen molar-refractivity contribution < 1.29 is 46.5 Å². The molecule has 1 fully saturated rings. The number of amides is 1. The molecule has 1 aliphatic heterocycles. The van der Waals surface area contributed by atoms with Gasteiger partial charge in [0.1, 0.15) is 18.5 Å². The molecule has 166 valence electrons. The average Bonchev–Trinajstić information content (AvgIpc) is 2.88. The number of anilines is 1. The van der Waals surface area contributed by atoms with Gasteiger partial charge in [-0.3, -0.25) is 23.7 Å². The first-order valence-corrected chi connectivity index (χ1v) is 8.44. The molecule has 0 bridgehead atoms. The number of rotatable bonds is 6. The Kier molecular flexibility index (Phi) is 7.15. The lowest BCUT2D eigenvalue weighted by molar-refractivity contribution is -0.356. The molecule has 4 unspecified atom stereocenters. The number of alkyl halides is 3. The minimum atomic E-state index is -5.17. The Morgan fingerprint density at radius 3 is 2.37 bits per heavy atom. The average molecular weight is 437 g/mol. The van der Waals surface area contributed by atoms with Crippen LogP contribution in [0.5, 0.6) is 0 Å².